The van der Waals surface area contributed by atoms with Gasteiger partial charge in [0.25, 0.3) is 5.56 Å². The summed E-state index contributed by atoms with van der Waals surface area (Å²) in [6.07, 6.45) is 0.696. The molecule has 0 atom stereocenters. The molecular formula is C25H28N4O3S. The first kappa shape index (κ1) is 23.1. The van der Waals surface area contributed by atoms with E-state index in [1.165, 1.54) is 17.3 Å². The summed E-state index contributed by atoms with van der Waals surface area (Å²) in [5.74, 6) is 0.958. The number of carbonyl (C=O) groups is 1. The first-order chi connectivity index (χ1) is 16.0. The van der Waals surface area contributed by atoms with Gasteiger partial charge in [0.1, 0.15) is 5.75 Å². The van der Waals surface area contributed by atoms with Gasteiger partial charge in [-0.25, -0.2) is 4.98 Å². The Hall–Kier alpha value is -3.10. The van der Waals surface area contributed by atoms with Gasteiger partial charge in [-0.15, -0.1) is 0 Å². The first-order valence-corrected chi connectivity index (χ1v) is 11.9. The second-order valence-corrected chi connectivity index (χ2v) is 9.08. The second kappa shape index (κ2) is 10.7. The van der Waals surface area contributed by atoms with Crippen molar-refractivity contribution in [2.24, 2.45) is 0 Å². The highest BCUT2D eigenvalue weighted by Crippen LogP contribution is 2.23. The lowest BCUT2D eigenvalue weighted by Gasteiger charge is -2.28. The third-order valence-electron chi connectivity index (χ3n) is 5.66. The van der Waals surface area contributed by atoms with Gasteiger partial charge in [0.15, 0.2) is 5.16 Å². The molecule has 172 valence electrons. The monoisotopic (exact) mass is 464 g/mol. The van der Waals surface area contributed by atoms with Crippen LogP contribution in [0, 0.1) is 6.92 Å². The van der Waals surface area contributed by atoms with Crippen LogP contribution in [0.25, 0.3) is 0 Å². The number of aromatic amines is 1. The fraction of sp³-hybridized carbons (Fsp3) is 0.320. The van der Waals surface area contributed by atoms with Crippen molar-refractivity contribution in [3.63, 3.8) is 0 Å². The maximum Gasteiger partial charge on any atom is 0.256 e. The molecule has 0 saturated heterocycles. The van der Waals surface area contributed by atoms with E-state index in [-0.39, 0.29) is 17.2 Å². The Labute approximate surface area is 197 Å². The summed E-state index contributed by atoms with van der Waals surface area (Å²) in [4.78, 5) is 34.7. The Balaban J connectivity index is 1.33. The molecule has 0 unspecified atom stereocenters. The number of hydrogen-bond donors (Lipinski definition) is 2. The summed E-state index contributed by atoms with van der Waals surface area (Å²) in [7, 11) is 1.67. The molecule has 0 spiro atoms. The Kier molecular flexibility index (Phi) is 7.47. The number of H-pyrrole nitrogens is 1. The van der Waals surface area contributed by atoms with E-state index in [4.69, 9.17) is 4.74 Å². The Morgan fingerprint density at radius 3 is 2.79 bits per heavy atom. The van der Waals surface area contributed by atoms with Crippen LogP contribution < -0.4 is 15.6 Å². The van der Waals surface area contributed by atoms with E-state index in [1.807, 2.05) is 55.5 Å². The van der Waals surface area contributed by atoms with E-state index in [9.17, 15) is 9.59 Å². The number of aromatic nitrogens is 2. The van der Waals surface area contributed by atoms with Gasteiger partial charge < -0.3 is 15.0 Å². The van der Waals surface area contributed by atoms with Gasteiger partial charge >= 0.3 is 0 Å². The summed E-state index contributed by atoms with van der Waals surface area (Å²) >= 11 is 1.25. The zero-order chi connectivity index (χ0) is 23.2. The lowest BCUT2D eigenvalue weighted by Crippen LogP contribution is -2.35. The molecule has 1 aliphatic rings. The van der Waals surface area contributed by atoms with Crippen LogP contribution in [0.2, 0.25) is 0 Å². The highest BCUT2D eigenvalue weighted by atomic mass is 32.2. The van der Waals surface area contributed by atoms with Crippen molar-refractivity contribution in [1.29, 1.82) is 0 Å². The topological polar surface area (TPSA) is 87.3 Å². The number of nitrogens with zero attached hydrogens (tertiary/aromatic N) is 2. The van der Waals surface area contributed by atoms with Crippen LogP contribution in [0.15, 0.2) is 58.5 Å². The number of ether oxygens (including phenoxy) is 1. The third-order valence-corrected chi connectivity index (χ3v) is 6.54. The van der Waals surface area contributed by atoms with Gasteiger partial charge in [-0.2, -0.15) is 0 Å². The fourth-order valence-electron chi connectivity index (χ4n) is 3.83. The number of carbonyl (C=O) groups excluding carboxylic acids is 1. The molecule has 2 aromatic carbocycles. The standard InChI is InChI=1S/C25H28N4O3S/c1-17-7-9-18(10-8-17)13-26-23(30)16-33-25-27-21-11-12-29(15-20(21)24(31)28-25)14-19-5-3-4-6-22(19)32-2/h3-10H,11-16H2,1-2H3,(H,26,30)(H,27,28,31). The summed E-state index contributed by atoms with van der Waals surface area (Å²) in [6.45, 7) is 4.57. The smallest absolute Gasteiger partial charge is 0.256 e. The average Bonchev–Trinajstić information content (AvgIpc) is 2.83. The van der Waals surface area contributed by atoms with Gasteiger partial charge in [-0.1, -0.05) is 59.8 Å². The number of rotatable bonds is 8. The van der Waals surface area contributed by atoms with Crippen LogP contribution in [0.3, 0.4) is 0 Å². The van der Waals surface area contributed by atoms with Crippen LogP contribution >= 0.6 is 11.8 Å². The molecule has 0 radical (unpaired) electrons. The van der Waals surface area contributed by atoms with E-state index in [2.05, 4.69) is 20.2 Å². The molecule has 1 aromatic heterocycles. The number of benzene rings is 2. The molecule has 0 bridgehead atoms. The van der Waals surface area contributed by atoms with Crippen molar-refractivity contribution in [1.82, 2.24) is 20.2 Å². The Morgan fingerprint density at radius 1 is 1.21 bits per heavy atom. The average molecular weight is 465 g/mol. The third kappa shape index (κ3) is 6.03. The van der Waals surface area contributed by atoms with E-state index in [1.54, 1.807) is 7.11 Å². The van der Waals surface area contributed by atoms with Gasteiger partial charge in [0, 0.05) is 38.2 Å². The number of fused-ring (bicyclic) bond motifs is 1. The summed E-state index contributed by atoms with van der Waals surface area (Å²) < 4.78 is 5.45. The van der Waals surface area contributed by atoms with E-state index in [0.29, 0.717) is 36.8 Å². The molecule has 1 aliphatic heterocycles. The van der Waals surface area contributed by atoms with Crippen molar-refractivity contribution in [2.75, 3.05) is 19.4 Å². The second-order valence-electron chi connectivity index (χ2n) is 8.12. The molecule has 7 nitrogen and oxygen atoms in total. The number of nitrogens with one attached hydrogen (secondary N) is 2. The zero-order valence-corrected chi connectivity index (χ0v) is 19.7. The minimum absolute atomic E-state index is 0.0936. The number of para-hydroxylation sites is 1. The molecule has 1 amide bonds. The molecule has 8 heteroatoms. The highest BCUT2D eigenvalue weighted by Gasteiger charge is 2.22. The van der Waals surface area contributed by atoms with Crippen LogP contribution in [-0.4, -0.2) is 40.2 Å². The number of thioether (sulfide) groups is 1. The van der Waals surface area contributed by atoms with Crippen LogP contribution in [0.1, 0.15) is 27.9 Å². The minimum atomic E-state index is -0.132. The summed E-state index contributed by atoms with van der Waals surface area (Å²) in [5.41, 5.74) is 4.72. The van der Waals surface area contributed by atoms with Gasteiger partial charge in [0.2, 0.25) is 5.91 Å². The molecule has 0 fully saturated rings. The number of methoxy groups -OCH3 is 1. The number of amides is 1. The predicted molar refractivity (Wildman–Crippen MR) is 129 cm³/mol. The molecule has 0 aliphatic carbocycles. The van der Waals surface area contributed by atoms with Crippen LogP contribution in [0.4, 0.5) is 0 Å². The molecular weight excluding hydrogens is 436 g/mol. The molecule has 3 aromatic rings. The molecule has 0 saturated carbocycles. The summed E-state index contributed by atoms with van der Waals surface area (Å²) in [5, 5.41) is 3.40. The Morgan fingerprint density at radius 2 is 2.00 bits per heavy atom. The molecule has 2 N–H and O–H groups in total. The molecule has 2 heterocycles. The largest absolute Gasteiger partial charge is 0.496 e. The van der Waals surface area contributed by atoms with Crippen molar-refractivity contribution < 1.29 is 9.53 Å². The van der Waals surface area contributed by atoms with Crippen molar-refractivity contribution >= 4 is 17.7 Å². The molecule has 33 heavy (non-hydrogen) atoms. The lowest BCUT2D eigenvalue weighted by molar-refractivity contribution is -0.118. The van der Waals surface area contributed by atoms with E-state index < -0.39 is 0 Å². The minimum Gasteiger partial charge on any atom is -0.496 e. The predicted octanol–water partition coefficient (Wildman–Crippen LogP) is 3.05. The van der Waals surface area contributed by atoms with Gasteiger partial charge in [-0.05, 0) is 18.6 Å². The lowest BCUT2D eigenvalue weighted by atomic mass is 10.1. The van der Waals surface area contributed by atoms with Gasteiger partial charge in [0.05, 0.1) is 24.1 Å². The maximum atomic E-state index is 12.7. The summed E-state index contributed by atoms with van der Waals surface area (Å²) in [6, 6.07) is 16.0. The Bertz CT molecular complexity index is 1180. The van der Waals surface area contributed by atoms with Gasteiger partial charge in [-0.3, -0.25) is 14.5 Å². The quantitative estimate of drug-likeness (QED) is 0.394. The van der Waals surface area contributed by atoms with Crippen molar-refractivity contribution in [3.05, 3.63) is 86.8 Å². The zero-order valence-electron chi connectivity index (χ0n) is 18.9. The van der Waals surface area contributed by atoms with Crippen molar-refractivity contribution in [2.45, 2.75) is 38.1 Å². The highest BCUT2D eigenvalue weighted by molar-refractivity contribution is 7.99. The van der Waals surface area contributed by atoms with E-state index >= 15 is 0 Å². The number of hydrogen-bond acceptors (Lipinski definition) is 6. The normalized spacial score (nSPS) is 13.4. The first-order valence-electron chi connectivity index (χ1n) is 10.9. The van der Waals surface area contributed by atoms with Crippen molar-refractivity contribution in [3.8, 4) is 5.75 Å². The number of aryl methyl sites for hydroxylation is 1. The fourth-order valence-corrected chi connectivity index (χ4v) is 4.54. The SMILES string of the molecule is COc1ccccc1CN1CCc2nc(SCC(=O)NCc3ccc(C)cc3)[nH]c(=O)c2C1. The van der Waals surface area contributed by atoms with Crippen LogP contribution in [-0.2, 0) is 30.8 Å². The molecule has 4 rings (SSSR count). The van der Waals surface area contributed by atoms with E-state index in [0.717, 1.165) is 29.1 Å². The maximum absolute atomic E-state index is 12.7. The van der Waals surface area contributed by atoms with Crippen LogP contribution in [0.5, 0.6) is 5.75 Å².